The molecule has 2 aromatic rings. The summed E-state index contributed by atoms with van der Waals surface area (Å²) < 4.78 is 5.74. The highest BCUT2D eigenvalue weighted by Gasteiger charge is 2.51. The normalized spacial score (nSPS) is 20.2. The number of carboxylic acid groups (broad SMARTS) is 1. The molecule has 24 heavy (non-hydrogen) atoms. The first-order valence-electron chi connectivity index (χ1n) is 7.56. The quantitative estimate of drug-likeness (QED) is 0.821. The van der Waals surface area contributed by atoms with Gasteiger partial charge in [-0.15, -0.1) is 0 Å². The maximum absolute atomic E-state index is 12.1. The topological polar surface area (TPSA) is 87.1 Å². The van der Waals surface area contributed by atoms with Crippen LogP contribution in [0.5, 0.6) is 11.5 Å². The Bertz CT molecular complexity index is 761. The molecular weight excluding hydrogens is 310 g/mol. The zero-order valence-electron chi connectivity index (χ0n) is 12.9. The van der Waals surface area contributed by atoms with Crippen LogP contribution in [0.2, 0.25) is 0 Å². The van der Waals surface area contributed by atoms with E-state index in [4.69, 9.17) is 9.84 Å². The summed E-state index contributed by atoms with van der Waals surface area (Å²) in [5, 5.41) is 18.9. The molecule has 6 heteroatoms. The second-order valence-corrected chi connectivity index (χ2v) is 5.70. The summed E-state index contributed by atoms with van der Waals surface area (Å²) in [6.07, 6.45) is -0.110. The van der Waals surface area contributed by atoms with Crippen molar-refractivity contribution in [1.29, 1.82) is 0 Å². The number of rotatable bonds is 5. The molecule has 1 atom stereocenters. The van der Waals surface area contributed by atoms with Crippen molar-refractivity contribution in [1.82, 2.24) is 4.90 Å². The average Bonchev–Trinajstić information content (AvgIpc) is 2.86. The summed E-state index contributed by atoms with van der Waals surface area (Å²) >= 11 is 0. The molecule has 1 saturated heterocycles. The third-order valence-electron chi connectivity index (χ3n) is 3.99. The first kappa shape index (κ1) is 16.0. The molecule has 0 aromatic heterocycles. The monoisotopic (exact) mass is 327 g/mol. The fourth-order valence-corrected chi connectivity index (χ4v) is 2.67. The van der Waals surface area contributed by atoms with E-state index in [0.29, 0.717) is 11.5 Å². The van der Waals surface area contributed by atoms with Gasteiger partial charge in [-0.05, 0) is 29.8 Å². The number of hydrogen-bond acceptors (Lipinski definition) is 4. The summed E-state index contributed by atoms with van der Waals surface area (Å²) in [5.74, 6) is -0.952. The van der Waals surface area contributed by atoms with Gasteiger partial charge in [0.2, 0.25) is 5.60 Å². The maximum atomic E-state index is 12.1. The molecule has 0 bridgehead atoms. The third kappa shape index (κ3) is 3.09. The van der Waals surface area contributed by atoms with E-state index in [1.807, 2.05) is 36.4 Å². The molecule has 1 heterocycles. The number of likely N-dealkylation sites (tertiary alicyclic amines) is 1. The Labute approximate surface area is 138 Å². The van der Waals surface area contributed by atoms with Gasteiger partial charge >= 0.3 is 5.97 Å². The van der Waals surface area contributed by atoms with Gasteiger partial charge in [-0.2, -0.15) is 0 Å². The van der Waals surface area contributed by atoms with E-state index in [0.717, 1.165) is 5.56 Å². The molecule has 0 unspecified atom stereocenters. The molecule has 1 aliphatic heterocycles. The van der Waals surface area contributed by atoms with Crippen LogP contribution in [0.25, 0.3) is 0 Å². The number of aliphatic carboxylic acids is 1. The summed E-state index contributed by atoms with van der Waals surface area (Å²) in [6.45, 7) is 0.422. The fourth-order valence-electron chi connectivity index (χ4n) is 2.67. The SMILES string of the molecule is O=C(O)[C@@]1(O)CCN(Cc2cccc(Oc3ccccc3)c2)C1=O. The largest absolute Gasteiger partial charge is 0.479 e. The van der Waals surface area contributed by atoms with Crippen molar-refractivity contribution in [3.63, 3.8) is 0 Å². The van der Waals surface area contributed by atoms with Crippen LogP contribution < -0.4 is 4.74 Å². The minimum atomic E-state index is -2.31. The van der Waals surface area contributed by atoms with Gasteiger partial charge in [-0.3, -0.25) is 4.79 Å². The van der Waals surface area contributed by atoms with Crippen LogP contribution in [0.4, 0.5) is 0 Å². The Morgan fingerprint density at radius 3 is 2.50 bits per heavy atom. The van der Waals surface area contributed by atoms with Gasteiger partial charge < -0.3 is 19.8 Å². The standard InChI is InChI=1S/C18H17NO5/c20-16-18(23,17(21)22)9-10-19(16)12-13-5-4-8-15(11-13)24-14-6-2-1-3-7-14/h1-8,11,23H,9-10,12H2,(H,21,22)/t18-/m1/s1. The number of amides is 1. The Morgan fingerprint density at radius 1 is 1.12 bits per heavy atom. The second-order valence-electron chi connectivity index (χ2n) is 5.70. The van der Waals surface area contributed by atoms with Gasteiger partial charge in [0.05, 0.1) is 0 Å². The lowest BCUT2D eigenvalue weighted by atomic mass is 10.0. The smallest absolute Gasteiger partial charge is 0.345 e. The number of hydrogen-bond donors (Lipinski definition) is 2. The molecule has 6 nitrogen and oxygen atoms in total. The minimum absolute atomic E-state index is 0.110. The highest BCUT2D eigenvalue weighted by molar-refractivity contribution is 6.06. The van der Waals surface area contributed by atoms with Gasteiger partial charge in [0.15, 0.2) is 0 Å². The van der Waals surface area contributed by atoms with Gasteiger partial charge in [0.1, 0.15) is 11.5 Å². The molecule has 0 spiro atoms. The fraction of sp³-hybridized carbons (Fsp3) is 0.222. The lowest BCUT2D eigenvalue weighted by Crippen LogP contribution is -2.46. The lowest BCUT2D eigenvalue weighted by molar-refractivity contribution is -0.166. The summed E-state index contributed by atoms with van der Waals surface area (Å²) in [7, 11) is 0. The number of benzene rings is 2. The van der Waals surface area contributed by atoms with Crippen molar-refractivity contribution < 1.29 is 24.5 Å². The zero-order valence-corrected chi connectivity index (χ0v) is 12.9. The Hall–Kier alpha value is -2.86. The molecule has 0 aliphatic carbocycles. The zero-order chi connectivity index (χ0) is 17.2. The van der Waals surface area contributed by atoms with Crippen molar-refractivity contribution in [2.24, 2.45) is 0 Å². The molecule has 3 rings (SSSR count). The van der Waals surface area contributed by atoms with E-state index in [-0.39, 0.29) is 19.5 Å². The van der Waals surface area contributed by atoms with Crippen molar-refractivity contribution >= 4 is 11.9 Å². The van der Waals surface area contributed by atoms with E-state index in [1.165, 1.54) is 4.90 Å². The Kier molecular flexibility index (Phi) is 4.22. The van der Waals surface area contributed by atoms with E-state index in [2.05, 4.69) is 0 Å². The van der Waals surface area contributed by atoms with E-state index < -0.39 is 17.5 Å². The van der Waals surface area contributed by atoms with Crippen LogP contribution in [0.15, 0.2) is 54.6 Å². The maximum Gasteiger partial charge on any atom is 0.345 e. The van der Waals surface area contributed by atoms with Crippen LogP contribution in [0.1, 0.15) is 12.0 Å². The van der Waals surface area contributed by atoms with Crippen molar-refractivity contribution in [2.45, 2.75) is 18.6 Å². The summed E-state index contributed by atoms with van der Waals surface area (Å²) in [5.41, 5.74) is -1.51. The van der Waals surface area contributed by atoms with Crippen LogP contribution in [-0.2, 0) is 16.1 Å². The average molecular weight is 327 g/mol. The molecule has 0 radical (unpaired) electrons. The van der Waals surface area contributed by atoms with Crippen LogP contribution in [0.3, 0.4) is 0 Å². The molecule has 2 N–H and O–H groups in total. The molecule has 0 saturated carbocycles. The highest BCUT2D eigenvalue weighted by atomic mass is 16.5. The first-order valence-corrected chi connectivity index (χ1v) is 7.56. The summed E-state index contributed by atoms with van der Waals surface area (Å²) in [4.78, 5) is 24.5. The molecule has 124 valence electrons. The Balaban J connectivity index is 1.72. The first-order chi connectivity index (χ1) is 11.5. The van der Waals surface area contributed by atoms with Gasteiger partial charge in [-0.25, -0.2) is 4.79 Å². The molecule has 1 fully saturated rings. The van der Waals surface area contributed by atoms with E-state index >= 15 is 0 Å². The number of ether oxygens (including phenoxy) is 1. The molecule has 1 amide bonds. The van der Waals surface area contributed by atoms with Gasteiger partial charge in [-0.1, -0.05) is 30.3 Å². The van der Waals surface area contributed by atoms with Crippen LogP contribution in [-0.4, -0.2) is 39.1 Å². The molecule has 1 aliphatic rings. The lowest BCUT2D eigenvalue weighted by Gasteiger charge is -2.19. The van der Waals surface area contributed by atoms with Gasteiger partial charge in [0, 0.05) is 19.5 Å². The van der Waals surface area contributed by atoms with Crippen LogP contribution >= 0.6 is 0 Å². The highest BCUT2D eigenvalue weighted by Crippen LogP contribution is 2.27. The minimum Gasteiger partial charge on any atom is -0.479 e. The second kappa shape index (κ2) is 6.33. The molecular formula is C18H17NO5. The number of nitrogens with zero attached hydrogens (tertiary/aromatic N) is 1. The van der Waals surface area contributed by atoms with Crippen LogP contribution in [0, 0.1) is 0 Å². The Morgan fingerprint density at radius 2 is 1.83 bits per heavy atom. The molecule has 2 aromatic carbocycles. The van der Waals surface area contributed by atoms with Crippen molar-refractivity contribution in [2.75, 3.05) is 6.54 Å². The number of carbonyl (C=O) groups excluding carboxylic acids is 1. The number of aliphatic hydroxyl groups is 1. The van der Waals surface area contributed by atoms with E-state index in [1.54, 1.807) is 18.2 Å². The third-order valence-corrected chi connectivity index (χ3v) is 3.99. The predicted octanol–water partition coefficient (Wildman–Crippen LogP) is 2.03. The number of para-hydroxylation sites is 1. The van der Waals surface area contributed by atoms with E-state index in [9.17, 15) is 14.7 Å². The van der Waals surface area contributed by atoms with Crippen molar-refractivity contribution in [3.05, 3.63) is 60.2 Å². The number of carboxylic acids is 1. The predicted molar refractivity (Wildman–Crippen MR) is 85.6 cm³/mol. The van der Waals surface area contributed by atoms with Gasteiger partial charge in [0.25, 0.3) is 5.91 Å². The number of carbonyl (C=O) groups is 2. The van der Waals surface area contributed by atoms with Crippen molar-refractivity contribution in [3.8, 4) is 11.5 Å². The summed E-state index contributed by atoms with van der Waals surface area (Å²) in [6, 6.07) is 16.5.